The Labute approximate surface area is 134 Å². The number of nitrogens with zero attached hydrogens (tertiary/aromatic N) is 2. The quantitative estimate of drug-likeness (QED) is 0.918. The largest absolute Gasteiger partial charge is 0.393 e. The molecule has 0 spiro atoms. The fourth-order valence-electron chi connectivity index (χ4n) is 3.25. The number of aliphatic hydroxyl groups is 1. The van der Waals surface area contributed by atoms with E-state index in [0.717, 1.165) is 5.56 Å². The molecular weight excluding hydrogens is 299 g/mol. The number of aryl methyl sites for hydroxylation is 1. The predicted molar refractivity (Wildman–Crippen MR) is 83.5 cm³/mol. The Hall–Kier alpha value is -1.95. The first-order valence-electron chi connectivity index (χ1n) is 8.09. The lowest BCUT2D eigenvalue weighted by Crippen LogP contribution is -2.43. The summed E-state index contributed by atoms with van der Waals surface area (Å²) in [7, 11) is 0. The van der Waals surface area contributed by atoms with Crippen molar-refractivity contribution in [1.29, 1.82) is 0 Å². The van der Waals surface area contributed by atoms with Crippen molar-refractivity contribution in [3.05, 3.63) is 29.6 Å². The van der Waals surface area contributed by atoms with Gasteiger partial charge in [-0.1, -0.05) is 0 Å². The van der Waals surface area contributed by atoms with Crippen molar-refractivity contribution >= 4 is 17.5 Å². The molecular formula is C17H21FN2O3. The highest BCUT2D eigenvalue weighted by Gasteiger charge is 2.26. The molecule has 6 heteroatoms. The number of aliphatic hydroxyl groups excluding tert-OH is 1. The molecule has 3 rings (SSSR count). The minimum atomic E-state index is -0.315. The normalized spacial score (nSPS) is 19.0. The maximum Gasteiger partial charge on any atom is 0.227 e. The number of carbonyl (C=O) groups is 2. The molecule has 0 atom stereocenters. The summed E-state index contributed by atoms with van der Waals surface area (Å²) < 4.78 is 13.3. The highest BCUT2D eigenvalue weighted by atomic mass is 19.1. The topological polar surface area (TPSA) is 60.9 Å². The average molecular weight is 320 g/mol. The summed E-state index contributed by atoms with van der Waals surface area (Å²) in [6.07, 6.45) is 2.04. The minimum absolute atomic E-state index is 0.000986. The molecule has 1 fully saturated rings. The number of fused-ring (bicyclic) bond motifs is 1. The van der Waals surface area contributed by atoms with Crippen LogP contribution in [0, 0.1) is 5.82 Å². The Morgan fingerprint density at radius 1 is 1.26 bits per heavy atom. The van der Waals surface area contributed by atoms with Gasteiger partial charge in [0.25, 0.3) is 0 Å². The van der Waals surface area contributed by atoms with E-state index in [-0.39, 0.29) is 30.2 Å². The van der Waals surface area contributed by atoms with Crippen LogP contribution in [0.4, 0.5) is 10.1 Å². The molecule has 0 aliphatic carbocycles. The molecule has 0 saturated carbocycles. The summed E-state index contributed by atoms with van der Waals surface area (Å²) in [4.78, 5) is 27.7. The Bertz CT molecular complexity index is 612. The van der Waals surface area contributed by atoms with E-state index >= 15 is 0 Å². The molecule has 0 radical (unpaired) electrons. The molecule has 124 valence electrons. The number of benzene rings is 1. The fraction of sp³-hybridized carbons (Fsp3) is 0.529. The van der Waals surface area contributed by atoms with E-state index in [2.05, 4.69) is 0 Å². The minimum Gasteiger partial charge on any atom is -0.393 e. The number of likely N-dealkylation sites (tertiary alicyclic amines) is 1. The van der Waals surface area contributed by atoms with E-state index in [1.54, 1.807) is 15.9 Å². The van der Waals surface area contributed by atoms with Crippen LogP contribution in [0.1, 0.15) is 31.2 Å². The van der Waals surface area contributed by atoms with Gasteiger partial charge >= 0.3 is 0 Å². The standard InChI is InChI=1S/C17H21FN2O3/c18-13-2-3-15-12(11-13)1-4-17(23)20(15)10-7-16(22)19-8-5-14(21)6-9-19/h2-3,11,14,21H,1,4-10H2. The molecule has 0 aromatic heterocycles. The zero-order valence-corrected chi connectivity index (χ0v) is 13.0. The molecule has 23 heavy (non-hydrogen) atoms. The summed E-state index contributed by atoms with van der Waals surface area (Å²) in [6, 6.07) is 4.42. The Morgan fingerprint density at radius 3 is 2.74 bits per heavy atom. The summed E-state index contributed by atoms with van der Waals surface area (Å²) in [5.74, 6) is -0.328. The van der Waals surface area contributed by atoms with E-state index < -0.39 is 0 Å². The summed E-state index contributed by atoms with van der Waals surface area (Å²) in [5, 5.41) is 9.49. The SMILES string of the molecule is O=C(CCN1C(=O)CCc2cc(F)ccc21)N1CCC(O)CC1. The van der Waals surface area contributed by atoms with Crippen molar-refractivity contribution in [3.8, 4) is 0 Å². The van der Waals surface area contributed by atoms with E-state index in [1.165, 1.54) is 12.1 Å². The van der Waals surface area contributed by atoms with Gasteiger partial charge in [-0.05, 0) is 43.0 Å². The van der Waals surface area contributed by atoms with Crippen molar-refractivity contribution in [3.63, 3.8) is 0 Å². The second-order valence-corrected chi connectivity index (χ2v) is 6.18. The van der Waals surface area contributed by atoms with Crippen LogP contribution >= 0.6 is 0 Å². The molecule has 2 aliphatic heterocycles. The van der Waals surface area contributed by atoms with Crippen LogP contribution in [0.25, 0.3) is 0 Å². The van der Waals surface area contributed by atoms with Gasteiger partial charge in [-0.25, -0.2) is 4.39 Å². The molecule has 5 nitrogen and oxygen atoms in total. The second kappa shape index (κ2) is 6.66. The van der Waals surface area contributed by atoms with Gasteiger partial charge in [0, 0.05) is 38.2 Å². The van der Waals surface area contributed by atoms with Crippen molar-refractivity contribution < 1.29 is 19.1 Å². The van der Waals surface area contributed by atoms with Crippen LogP contribution in [-0.4, -0.2) is 47.6 Å². The third-order valence-electron chi connectivity index (χ3n) is 4.61. The summed E-state index contributed by atoms with van der Waals surface area (Å²) in [6.45, 7) is 1.45. The van der Waals surface area contributed by atoms with Crippen LogP contribution in [-0.2, 0) is 16.0 Å². The summed E-state index contributed by atoms with van der Waals surface area (Å²) >= 11 is 0. The second-order valence-electron chi connectivity index (χ2n) is 6.18. The van der Waals surface area contributed by atoms with Crippen LogP contribution in [0.15, 0.2) is 18.2 Å². The summed E-state index contributed by atoms with van der Waals surface area (Å²) in [5.41, 5.74) is 1.53. The third-order valence-corrected chi connectivity index (χ3v) is 4.61. The zero-order valence-electron chi connectivity index (χ0n) is 13.0. The van der Waals surface area contributed by atoms with Crippen molar-refractivity contribution in [2.75, 3.05) is 24.5 Å². The third kappa shape index (κ3) is 3.52. The number of halogens is 1. The molecule has 1 saturated heterocycles. The molecule has 2 heterocycles. The van der Waals surface area contributed by atoms with Gasteiger partial charge in [0.05, 0.1) is 6.10 Å². The first kappa shape index (κ1) is 15.9. The number of hydrogen-bond acceptors (Lipinski definition) is 3. The molecule has 0 bridgehead atoms. The van der Waals surface area contributed by atoms with Crippen molar-refractivity contribution in [2.45, 2.75) is 38.2 Å². The van der Waals surface area contributed by atoms with Crippen LogP contribution < -0.4 is 4.90 Å². The lowest BCUT2D eigenvalue weighted by Gasteiger charge is -2.32. The maximum absolute atomic E-state index is 13.3. The number of carbonyl (C=O) groups excluding carboxylic acids is 2. The Balaban J connectivity index is 1.64. The van der Waals surface area contributed by atoms with E-state index in [9.17, 15) is 19.1 Å². The fourth-order valence-corrected chi connectivity index (χ4v) is 3.25. The number of amides is 2. The highest BCUT2D eigenvalue weighted by molar-refractivity contribution is 5.97. The number of anilines is 1. The molecule has 2 amide bonds. The zero-order chi connectivity index (χ0) is 16.4. The molecule has 2 aliphatic rings. The van der Waals surface area contributed by atoms with Crippen LogP contribution in [0.5, 0.6) is 0 Å². The predicted octanol–water partition coefficient (Wildman–Crippen LogP) is 1.48. The smallest absolute Gasteiger partial charge is 0.227 e. The number of piperidine rings is 1. The highest BCUT2D eigenvalue weighted by Crippen LogP contribution is 2.28. The van der Waals surface area contributed by atoms with Gasteiger partial charge < -0.3 is 14.9 Å². The monoisotopic (exact) mass is 320 g/mol. The van der Waals surface area contributed by atoms with Gasteiger partial charge in [0.1, 0.15) is 5.82 Å². The number of hydrogen-bond donors (Lipinski definition) is 1. The molecule has 1 aromatic rings. The average Bonchev–Trinajstić information content (AvgIpc) is 2.54. The number of rotatable bonds is 3. The van der Waals surface area contributed by atoms with E-state index in [1.807, 2.05) is 0 Å². The van der Waals surface area contributed by atoms with E-state index in [0.29, 0.717) is 51.0 Å². The van der Waals surface area contributed by atoms with Crippen molar-refractivity contribution in [1.82, 2.24) is 4.90 Å². The van der Waals surface area contributed by atoms with Gasteiger partial charge in [0.15, 0.2) is 0 Å². The first-order chi connectivity index (χ1) is 11.0. The Morgan fingerprint density at radius 2 is 2.00 bits per heavy atom. The van der Waals surface area contributed by atoms with Gasteiger partial charge in [-0.2, -0.15) is 0 Å². The lowest BCUT2D eigenvalue weighted by atomic mass is 10.0. The van der Waals surface area contributed by atoms with Gasteiger partial charge in [0.2, 0.25) is 11.8 Å². The molecule has 1 N–H and O–H groups in total. The van der Waals surface area contributed by atoms with Crippen LogP contribution in [0.3, 0.4) is 0 Å². The van der Waals surface area contributed by atoms with Gasteiger partial charge in [-0.3, -0.25) is 9.59 Å². The maximum atomic E-state index is 13.3. The first-order valence-corrected chi connectivity index (χ1v) is 8.09. The molecule has 1 aromatic carbocycles. The van der Waals surface area contributed by atoms with Crippen LogP contribution in [0.2, 0.25) is 0 Å². The molecule has 0 unspecified atom stereocenters. The lowest BCUT2D eigenvalue weighted by molar-refractivity contribution is -0.133. The van der Waals surface area contributed by atoms with Crippen molar-refractivity contribution in [2.24, 2.45) is 0 Å². The Kier molecular flexibility index (Phi) is 4.61. The van der Waals surface area contributed by atoms with E-state index in [4.69, 9.17) is 0 Å². The van der Waals surface area contributed by atoms with Gasteiger partial charge in [-0.15, -0.1) is 0 Å².